The van der Waals surface area contributed by atoms with Gasteiger partial charge in [-0.25, -0.2) is 0 Å². The van der Waals surface area contributed by atoms with Crippen LogP contribution in [0.5, 0.6) is 5.75 Å². The van der Waals surface area contributed by atoms with Crippen molar-refractivity contribution in [2.24, 2.45) is 0 Å². The van der Waals surface area contributed by atoms with Crippen molar-refractivity contribution in [3.63, 3.8) is 0 Å². The van der Waals surface area contributed by atoms with Crippen LogP contribution in [-0.4, -0.2) is 21.8 Å². The highest BCUT2D eigenvalue weighted by Gasteiger charge is 2.15. The summed E-state index contributed by atoms with van der Waals surface area (Å²) in [6, 6.07) is 19.9. The lowest BCUT2D eigenvalue weighted by atomic mass is 10.1. The Kier molecular flexibility index (Phi) is 6.19. The molecule has 0 unspecified atom stereocenters. The smallest absolute Gasteiger partial charge is 0.272 e. The van der Waals surface area contributed by atoms with Gasteiger partial charge < -0.3 is 15.7 Å². The molecule has 0 aromatic heterocycles. The van der Waals surface area contributed by atoms with Crippen LogP contribution in [0.4, 0.5) is 11.4 Å². The second kappa shape index (κ2) is 9.16. The van der Waals surface area contributed by atoms with E-state index < -0.39 is 16.7 Å². The molecule has 150 valence electrons. The van der Waals surface area contributed by atoms with Crippen LogP contribution in [-0.2, 0) is 4.79 Å². The summed E-state index contributed by atoms with van der Waals surface area (Å²) in [6.45, 7) is 0. The minimum absolute atomic E-state index is 0.0259. The van der Waals surface area contributed by atoms with Gasteiger partial charge in [0.15, 0.2) is 0 Å². The summed E-state index contributed by atoms with van der Waals surface area (Å²) in [7, 11) is 0. The molecule has 0 radical (unpaired) electrons. The summed E-state index contributed by atoms with van der Waals surface area (Å²) in [5.74, 6) is -1.14. The Labute approximate surface area is 171 Å². The number of carbonyl (C=O) groups excluding carboxylic acids is 2. The number of aromatic hydroxyl groups is 1. The van der Waals surface area contributed by atoms with Crippen LogP contribution in [0.15, 0.2) is 84.6 Å². The van der Waals surface area contributed by atoms with Crippen LogP contribution in [0.1, 0.15) is 15.9 Å². The van der Waals surface area contributed by atoms with Gasteiger partial charge in [0.1, 0.15) is 11.4 Å². The predicted octanol–water partition coefficient (Wildman–Crippen LogP) is 3.71. The summed E-state index contributed by atoms with van der Waals surface area (Å²) in [6.07, 6.45) is 1.41. The quantitative estimate of drug-likeness (QED) is 0.329. The number of nitrogens with zero attached hydrogens (tertiary/aromatic N) is 1. The third-order valence-corrected chi connectivity index (χ3v) is 4.05. The van der Waals surface area contributed by atoms with Crippen LogP contribution >= 0.6 is 0 Å². The number of rotatable bonds is 6. The lowest BCUT2D eigenvalue weighted by Gasteiger charge is -2.11. The molecule has 0 bridgehead atoms. The van der Waals surface area contributed by atoms with Crippen molar-refractivity contribution in [3.8, 4) is 5.75 Å². The maximum Gasteiger partial charge on any atom is 0.272 e. The zero-order valence-corrected chi connectivity index (χ0v) is 15.6. The van der Waals surface area contributed by atoms with Crippen molar-refractivity contribution in [1.82, 2.24) is 5.32 Å². The van der Waals surface area contributed by atoms with Crippen LogP contribution in [0, 0.1) is 10.1 Å². The molecule has 0 atom stereocenters. The third kappa shape index (κ3) is 5.29. The Morgan fingerprint density at radius 1 is 0.933 bits per heavy atom. The number of anilines is 1. The minimum atomic E-state index is -0.622. The Hall–Kier alpha value is -4.46. The van der Waals surface area contributed by atoms with E-state index in [9.17, 15) is 24.8 Å². The third-order valence-electron chi connectivity index (χ3n) is 4.05. The molecule has 0 aliphatic rings. The van der Waals surface area contributed by atoms with Gasteiger partial charge in [-0.2, -0.15) is 0 Å². The first-order valence-corrected chi connectivity index (χ1v) is 8.85. The zero-order valence-electron chi connectivity index (χ0n) is 15.6. The van der Waals surface area contributed by atoms with Crippen LogP contribution < -0.4 is 10.6 Å². The molecule has 0 fully saturated rings. The average molecular weight is 403 g/mol. The van der Waals surface area contributed by atoms with Gasteiger partial charge in [-0.05, 0) is 48.0 Å². The molecule has 0 saturated carbocycles. The Balaban J connectivity index is 1.89. The number of nitrogens with one attached hydrogen (secondary N) is 2. The minimum Gasteiger partial charge on any atom is -0.508 e. The van der Waals surface area contributed by atoms with Crippen molar-refractivity contribution in [3.05, 3.63) is 106 Å². The number of phenolic OH excluding ortho intramolecular Hbond substituents is 1. The van der Waals surface area contributed by atoms with E-state index in [0.717, 1.165) is 0 Å². The number of nitro benzene ring substituents is 1. The highest BCUT2D eigenvalue weighted by atomic mass is 16.6. The molecule has 0 saturated heterocycles. The second-order valence-corrected chi connectivity index (χ2v) is 6.23. The van der Waals surface area contributed by atoms with Crippen molar-refractivity contribution in [2.45, 2.75) is 0 Å². The van der Waals surface area contributed by atoms with Crippen molar-refractivity contribution in [2.75, 3.05) is 5.32 Å². The topological polar surface area (TPSA) is 122 Å². The summed E-state index contributed by atoms with van der Waals surface area (Å²) in [5.41, 5.74) is 1.02. The molecule has 3 aromatic carbocycles. The molecule has 0 aliphatic heterocycles. The summed E-state index contributed by atoms with van der Waals surface area (Å²) < 4.78 is 0. The Morgan fingerprint density at radius 2 is 1.63 bits per heavy atom. The lowest BCUT2D eigenvalue weighted by Crippen LogP contribution is -2.30. The lowest BCUT2D eigenvalue weighted by molar-refractivity contribution is -0.384. The summed E-state index contributed by atoms with van der Waals surface area (Å²) >= 11 is 0. The highest BCUT2D eigenvalue weighted by molar-refractivity contribution is 6.10. The van der Waals surface area contributed by atoms with Crippen LogP contribution in [0.2, 0.25) is 0 Å². The van der Waals surface area contributed by atoms with Crippen LogP contribution in [0.3, 0.4) is 0 Å². The van der Waals surface area contributed by atoms with E-state index in [2.05, 4.69) is 10.6 Å². The molecule has 0 aliphatic carbocycles. The fourth-order valence-electron chi connectivity index (χ4n) is 2.58. The Bertz CT molecular complexity index is 1110. The number of nitro groups is 1. The van der Waals surface area contributed by atoms with E-state index in [1.807, 2.05) is 0 Å². The van der Waals surface area contributed by atoms with Crippen molar-refractivity contribution >= 4 is 29.3 Å². The number of hydrogen-bond donors (Lipinski definition) is 3. The molecule has 3 N–H and O–H groups in total. The number of amides is 2. The number of phenols is 1. The number of non-ortho nitro benzene ring substituents is 1. The van der Waals surface area contributed by atoms with Crippen molar-refractivity contribution in [1.29, 1.82) is 0 Å². The standard InChI is InChI=1S/C22H17N3O5/c26-19-8-4-7-17(14-19)23-22(28)20(24-21(27)16-5-2-1-3-6-16)13-15-9-11-18(12-10-15)25(29)30/h1-14,26H,(H,23,28)(H,24,27)/b20-13+. The summed E-state index contributed by atoms with van der Waals surface area (Å²) in [5, 5.41) is 25.6. The van der Waals surface area contributed by atoms with Gasteiger partial charge >= 0.3 is 0 Å². The number of benzene rings is 3. The first kappa shape index (κ1) is 20.3. The van der Waals surface area contributed by atoms with E-state index in [-0.39, 0.29) is 17.1 Å². The SMILES string of the molecule is O=C(Nc1cccc(O)c1)/C(=C\c1ccc([N+](=O)[O-])cc1)NC(=O)c1ccccc1. The average Bonchev–Trinajstić information content (AvgIpc) is 2.74. The highest BCUT2D eigenvalue weighted by Crippen LogP contribution is 2.18. The van der Waals surface area contributed by atoms with Gasteiger partial charge in [-0.3, -0.25) is 19.7 Å². The molecular formula is C22H17N3O5. The van der Waals surface area contributed by atoms with E-state index >= 15 is 0 Å². The molecule has 8 nitrogen and oxygen atoms in total. The normalized spacial score (nSPS) is 10.9. The van der Waals surface area contributed by atoms with Gasteiger partial charge in [-0.1, -0.05) is 24.3 Å². The van der Waals surface area contributed by atoms with Crippen molar-refractivity contribution < 1.29 is 19.6 Å². The van der Waals surface area contributed by atoms with Crippen LogP contribution in [0.25, 0.3) is 6.08 Å². The first-order chi connectivity index (χ1) is 14.4. The zero-order chi connectivity index (χ0) is 21.5. The molecular weight excluding hydrogens is 386 g/mol. The molecule has 8 heteroatoms. The molecule has 0 spiro atoms. The van der Waals surface area contributed by atoms with Gasteiger partial charge in [0.25, 0.3) is 17.5 Å². The van der Waals surface area contributed by atoms with Gasteiger partial charge in [0.2, 0.25) is 0 Å². The number of carbonyl (C=O) groups is 2. The molecule has 0 heterocycles. The second-order valence-electron chi connectivity index (χ2n) is 6.23. The maximum absolute atomic E-state index is 12.8. The van der Waals surface area contributed by atoms with E-state index in [1.165, 1.54) is 42.5 Å². The fourth-order valence-corrected chi connectivity index (χ4v) is 2.58. The van der Waals surface area contributed by atoms with Gasteiger partial charge in [0.05, 0.1) is 4.92 Å². The largest absolute Gasteiger partial charge is 0.508 e. The van der Waals surface area contributed by atoms with E-state index in [4.69, 9.17) is 0 Å². The first-order valence-electron chi connectivity index (χ1n) is 8.85. The van der Waals surface area contributed by atoms with Gasteiger partial charge in [-0.15, -0.1) is 0 Å². The van der Waals surface area contributed by atoms with E-state index in [0.29, 0.717) is 16.8 Å². The molecule has 2 amide bonds. The maximum atomic E-state index is 12.8. The predicted molar refractivity (Wildman–Crippen MR) is 112 cm³/mol. The molecule has 30 heavy (non-hydrogen) atoms. The fraction of sp³-hybridized carbons (Fsp3) is 0. The Morgan fingerprint density at radius 3 is 2.27 bits per heavy atom. The number of hydrogen-bond acceptors (Lipinski definition) is 5. The summed E-state index contributed by atoms with van der Waals surface area (Å²) in [4.78, 5) is 35.6. The molecule has 3 rings (SSSR count). The van der Waals surface area contributed by atoms with Gasteiger partial charge in [0, 0.05) is 29.4 Å². The van der Waals surface area contributed by atoms with E-state index in [1.54, 1.807) is 42.5 Å². The molecule has 3 aromatic rings. The monoisotopic (exact) mass is 403 g/mol.